The van der Waals surface area contributed by atoms with Crippen molar-refractivity contribution in [2.24, 2.45) is 0 Å². The molecule has 102 valence electrons. The average Bonchev–Trinajstić information content (AvgIpc) is 2.87. The van der Waals surface area contributed by atoms with Crippen LogP contribution >= 0.6 is 11.3 Å². The van der Waals surface area contributed by atoms with Crippen LogP contribution in [0.25, 0.3) is 0 Å². The molecule has 2 aromatic rings. The van der Waals surface area contributed by atoms with Gasteiger partial charge in [0.05, 0.1) is 0 Å². The SMILES string of the molecule is CCc1ccc(C(C)NCCc2cccc(C)c2)s1. The number of thiophene rings is 1. The second-order valence-electron chi connectivity index (χ2n) is 5.07. The summed E-state index contributed by atoms with van der Waals surface area (Å²) in [6.07, 6.45) is 2.23. The maximum atomic E-state index is 3.61. The summed E-state index contributed by atoms with van der Waals surface area (Å²) in [5, 5.41) is 3.61. The molecule has 0 amide bonds. The van der Waals surface area contributed by atoms with E-state index in [-0.39, 0.29) is 0 Å². The molecule has 0 bridgehead atoms. The van der Waals surface area contributed by atoms with Crippen molar-refractivity contribution in [2.45, 2.75) is 39.7 Å². The molecule has 1 nitrogen and oxygen atoms in total. The predicted molar refractivity (Wildman–Crippen MR) is 85.0 cm³/mol. The molecule has 0 aliphatic rings. The van der Waals surface area contributed by atoms with E-state index < -0.39 is 0 Å². The molecule has 1 aromatic carbocycles. The van der Waals surface area contributed by atoms with Crippen LogP contribution in [0.15, 0.2) is 36.4 Å². The first-order chi connectivity index (χ1) is 9.19. The molecule has 0 aliphatic carbocycles. The van der Waals surface area contributed by atoms with E-state index in [0.717, 1.165) is 19.4 Å². The lowest BCUT2D eigenvalue weighted by molar-refractivity contribution is 0.584. The Morgan fingerprint density at radius 3 is 2.74 bits per heavy atom. The first-order valence-electron chi connectivity index (χ1n) is 7.06. The van der Waals surface area contributed by atoms with E-state index in [1.54, 1.807) is 0 Å². The van der Waals surface area contributed by atoms with Crippen molar-refractivity contribution in [3.63, 3.8) is 0 Å². The fourth-order valence-electron chi connectivity index (χ4n) is 2.22. The molecule has 0 radical (unpaired) electrons. The van der Waals surface area contributed by atoms with E-state index >= 15 is 0 Å². The maximum absolute atomic E-state index is 3.61. The fourth-order valence-corrected chi connectivity index (χ4v) is 3.20. The lowest BCUT2D eigenvalue weighted by Crippen LogP contribution is -2.20. The monoisotopic (exact) mass is 273 g/mol. The van der Waals surface area contributed by atoms with Crippen LogP contribution in [0.5, 0.6) is 0 Å². The van der Waals surface area contributed by atoms with Gasteiger partial charge in [-0.15, -0.1) is 11.3 Å². The number of aryl methyl sites for hydroxylation is 2. The highest BCUT2D eigenvalue weighted by atomic mass is 32.1. The van der Waals surface area contributed by atoms with Gasteiger partial charge in [0.2, 0.25) is 0 Å². The summed E-state index contributed by atoms with van der Waals surface area (Å²) >= 11 is 1.93. The highest BCUT2D eigenvalue weighted by Crippen LogP contribution is 2.23. The van der Waals surface area contributed by atoms with Crippen LogP contribution < -0.4 is 5.32 Å². The van der Waals surface area contributed by atoms with Gasteiger partial charge in [0.1, 0.15) is 0 Å². The lowest BCUT2D eigenvalue weighted by atomic mass is 10.1. The minimum absolute atomic E-state index is 0.454. The van der Waals surface area contributed by atoms with Crippen molar-refractivity contribution >= 4 is 11.3 Å². The standard InChI is InChI=1S/C17H23NS/c1-4-16-8-9-17(19-16)14(3)18-11-10-15-7-5-6-13(2)12-15/h5-9,12,14,18H,4,10-11H2,1-3H3. The summed E-state index contributed by atoms with van der Waals surface area (Å²) in [6.45, 7) is 7.65. The molecule has 2 rings (SSSR count). The second-order valence-corrected chi connectivity index (χ2v) is 6.27. The van der Waals surface area contributed by atoms with Crippen LogP contribution in [0.4, 0.5) is 0 Å². The molecular formula is C17H23NS. The van der Waals surface area contributed by atoms with E-state index in [2.05, 4.69) is 62.5 Å². The third-order valence-corrected chi connectivity index (χ3v) is 4.82. The molecule has 1 unspecified atom stereocenters. The largest absolute Gasteiger partial charge is 0.309 e. The molecule has 1 heterocycles. The van der Waals surface area contributed by atoms with E-state index in [1.807, 2.05) is 11.3 Å². The molecule has 2 heteroatoms. The van der Waals surface area contributed by atoms with Crippen LogP contribution in [0.3, 0.4) is 0 Å². The number of rotatable bonds is 6. The van der Waals surface area contributed by atoms with Crippen molar-refractivity contribution in [1.82, 2.24) is 5.32 Å². The second kappa shape index (κ2) is 6.88. The Bertz CT molecular complexity index is 515. The zero-order valence-electron chi connectivity index (χ0n) is 12.1. The minimum Gasteiger partial charge on any atom is -0.309 e. The summed E-state index contributed by atoms with van der Waals surface area (Å²) in [4.78, 5) is 2.92. The van der Waals surface area contributed by atoms with Crippen LogP contribution in [0.1, 0.15) is 40.8 Å². The van der Waals surface area contributed by atoms with Gasteiger partial charge >= 0.3 is 0 Å². The van der Waals surface area contributed by atoms with Crippen LogP contribution in [-0.4, -0.2) is 6.54 Å². The summed E-state index contributed by atoms with van der Waals surface area (Å²) in [6, 6.07) is 13.7. The third-order valence-electron chi connectivity index (χ3n) is 3.40. The zero-order valence-corrected chi connectivity index (χ0v) is 12.9. The number of benzene rings is 1. The van der Waals surface area contributed by atoms with Gasteiger partial charge in [-0.3, -0.25) is 0 Å². The Morgan fingerprint density at radius 2 is 2.05 bits per heavy atom. The Hall–Kier alpha value is -1.12. The molecular weight excluding hydrogens is 250 g/mol. The highest BCUT2D eigenvalue weighted by molar-refractivity contribution is 7.12. The highest BCUT2D eigenvalue weighted by Gasteiger charge is 2.07. The van der Waals surface area contributed by atoms with Crippen molar-refractivity contribution in [3.05, 3.63) is 57.3 Å². The molecule has 1 atom stereocenters. The van der Waals surface area contributed by atoms with E-state index in [4.69, 9.17) is 0 Å². The molecule has 0 saturated carbocycles. The molecule has 0 fully saturated rings. The fraction of sp³-hybridized carbons (Fsp3) is 0.412. The van der Waals surface area contributed by atoms with Gasteiger partial charge < -0.3 is 5.32 Å². The van der Waals surface area contributed by atoms with E-state index in [0.29, 0.717) is 6.04 Å². The van der Waals surface area contributed by atoms with Gasteiger partial charge in [0.15, 0.2) is 0 Å². The lowest BCUT2D eigenvalue weighted by Gasteiger charge is -2.12. The Labute approximate surface area is 120 Å². The maximum Gasteiger partial charge on any atom is 0.0386 e. The first kappa shape index (κ1) is 14.3. The molecule has 1 aromatic heterocycles. The summed E-state index contributed by atoms with van der Waals surface area (Å²) in [5.41, 5.74) is 2.76. The quantitative estimate of drug-likeness (QED) is 0.816. The van der Waals surface area contributed by atoms with Crippen molar-refractivity contribution in [1.29, 1.82) is 0 Å². The van der Waals surface area contributed by atoms with Gasteiger partial charge in [0, 0.05) is 15.8 Å². The zero-order chi connectivity index (χ0) is 13.7. The molecule has 0 saturated heterocycles. The molecule has 0 spiro atoms. The van der Waals surface area contributed by atoms with Crippen LogP contribution in [-0.2, 0) is 12.8 Å². The minimum atomic E-state index is 0.454. The Kier molecular flexibility index (Phi) is 5.17. The van der Waals surface area contributed by atoms with Gasteiger partial charge in [-0.1, -0.05) is 36.8 Å². The normalized spacial score (nSPS) is 12.6. The van der Waals surface area contributed by atoms with E-state index in [1.165, 1.54) is 20.9 Å². The smallest absolute Gasteiger partial charge is 0.0386 e. The van der Waals surface area contributed by atoms with Crippen molar-refractivity contribution in [2.75, 3.05) is 6.54 Å². The van der Waals surface area contributed by atoms with Crippen molar-refractivity contribution in [3.8, 4) is 0 Å². The average molecular weight is 273 g/mol. The Morgan fingerprint density at radius 1 is 1.21 bits per heavy atom. The molecule has 1 N–H and O–H groups in total. The number of nitrogens with one attached hydrogen (secondary N) is 1. The van der Waals surface area contributed by atoms with Gasteiger partial charge in [-0.05, 0) is 50.9 Å². The van der Waals surface area contributed by atoms with Gasteiger partial charge in [0.25, 0.3) is 0 Å². The van der Waals surface area contributed by atoms with Gasteiger partial charge in [-0.2, -0.15) is 0 Å². The predicted octanol–water partition coefficient (Wildman–Crippen LogP) is 4.51. The topological polar surface area (TPSA) is 12.0 Å². The first-order valence-corrected chi connectivity index (χ1v) is 7.88. The van der Waals surface area contributed by atoms with Crippen LogP contribution in [0, 0.1) is 6.92 Å². The number of hydrogen-bond donors (Lipinski definition) is 1. The third kappa shape index (κ3) is 4.19. The number of hydrogen-bond acceptors (Lipinski definition) is 2. The van der Waals surface area contributed by atoms with Crippen molar-refractivity contribution < 1.29 is 0 Å². The summed E-state index contributed by atoms with van der Waals surface area (Å²) in [7, 11) is 0. The summed E-state index contributed by atoms with van der Waals surface area (Å²) in [5.74, 6) is 0. The van der Waals surface area contributed by atoms with E-state index in [9.17, 15) is 0 Å². The molecule has 0 aliphatic heterocycles. The van der Waals surface area contributed by atoms with Crippen LogP contribution in [0.2, 0.25) is 0 Å². The molecule has 19 heavy (non-hydrogen) atoms. The summed E-state index contributed by atoms with van der Waals surface area (Å²) < 4.78 is 0. The Balaban J connectivity index is 1.82. The van der Waals surface area contributed by atoms with Gasteiger partial charge in [-0.25, -0.2) is 0 Å².